The zero-order valence-electron chi connectivity index (χ0n) is 16.1. The Morgan fingerprint density at radius 2 is 1.85 bits per heavy atom. The number of carbonyl (C=O) groups excluding carboxylic acids is 1. The molecular weight excluding hydrogens is 379 g/mol. The first-order valence-corrected chi connectivity index (χ1v) is 11.2. The smallest absolute Gasteiger partial charge is 0.312 e. The highest BCUT2D eigenvalue weighted by atomic mass is 32.2. The summed E-state index contributed by atoms with van der Waals surface area (Å²) in [6.07, 6.45) is 1.36. The summed E-state index contributed by atoms with van der Waals surface area (Å²) in [5.41, 5.74) is 0. The van der Waals surface area contributed by atoms with E-state index in [0.29, 0.717) is 25.4 Å². The number of ether oxygens (including phenoxy) is 2. The monoisotopic (exact) mass is 406 g/mol. The molecule has 0 aliphatic carbocycles. The molecule has 0 aliphatic heterocycles. The summed E-state index contributed by atoms with van der Waals surface area (Å²) >= 11 is 1.57. The van der Waals surface area contributed by atoms with Gasteiger partial charge in [0.25, 0.3) is 0 Å². The molecule has 0 N–H and O–H groups in total. The summed E-state index contributed by atoms with van der Waals surface area (Å²) in [7, 11) is -0.188. The minimum absolute atomic E-state index is 0.188. The van der Waals surface area contributed by atoms with E-state index in [-0.39, 0.29) is 14.4 Å². The predicted molar refractivity (Wildman–Crippen MR) is 112 cm³/mol. The van der Waals surface area contributed by atoms with Crippen molar-refractivity contribution in [3.8, 4) is 0 Å². The summed E-state index contributed by atoms with van der Waals surface area (Å²) in [4.78, 5) is 13.7. The molecule has 0 amide bonds. The fourth-order valence-electron chi connectivity index (χ4n) is 3.17. The van der Waals surface area contributed by atoms with Crippen molar-refractivity contribution >= 4 is 37.0 Å². The first-order chi connectivity index (χ1) is 13.1. The lowest BCUT2D eigenvalue weighted by molar-refractivity contribution is -0.155. The third kappa shape index (κ3) is 5.31. The Kier molecular flexibility index (Phi) is 8.75. The molecule has 146 valence electrons. The summed E-state index contributed by atoms with van der Waals surface area (Å²) in [6.45, 7) is 6.32. The second-order valence-electron chi connectivity index (χ2n) is 6.23. The lowest BCUT2D eigenvalue weighted by Crippen LogP contribution is -2.43. The van der Waals surface area contributed by atoms with E-state index < -0.39 is 11.3 Å². The van der Waals surface area contributed by atoms with Crippen molar-refractivity contribution in [3.05, 3.63) is 42.5 Å². The summed E-state index contributed by atoms with van der Waals surface area (Å²) < 4.78 is 23.5. The first-order valence-electron chi connectivity index (χ1n) is 9.37. The largest absolute Gasteiger partial charge is 0.466 e. The number of rotatable bonds is 11. The third-order valence-electron chi connectivity index (χ3n) is 4.43. The highest BCUT2D eigenvalue weighted by Gasteiger charge is 2.46. The van der Waals surface area contributed by atoms with Gasteiger partial charge in [-0.2, -0.15) is 0 Å². The zero-order valence-corrected chi connectivity index (χ0v) is 17.9. The van der Waals surface area contributed by atoms with Crippen LogP contribution in [0.25, 0.3) is 10.8 Å². The van der Waals surface area contributed by atoms with Gasteiger partial charge in [0.2, 0.25) is 0 Å². The van der Waals surface area contributed by atoms with Gasteiger partial charge in [0.1, 0.15) is 0 Å². The topological polar surface area (TPSA) is 52.6 Å². The van der Waals surface area contributed by atoms with Crippen molar-refractivity contribution in [3.63, 3.8) is 0 Å². The second kappa shape index (κ2) is 10.8. The van der Waals surface area contributed by atoms with Crippen LogP contribution >= 0.6 is 20.2 Å². The molecule has 2 rings (SSSR count). The Balaban J connectivity index is 2.33. The first kappa shape index (κ1) is 21.9. The molecule has 2 atom stereocenters. The van der Waals surface area contributed by atoms with Gasteiger partial charge in [0.15, 0.2) is 13.8 Å². The van der Waals surface area contributed by atoms with E-state index in [1.54, 1.807) is 18.7 Å². The van der Waals surface area contributed by atoms with Crippen LogP contribution in [0, 0.1) is 5.92 Å². The molecule has 0 radical (unpaired) electrons. The van der Waals surface area contributed by atoms with Crippen LogP contribution in [0.1, 0.15) is 33.6 Å². The van der Waals surface area contributed by atoms with Crippen molar-refractivity contribution in [2.45, 2.75) is 43.9 Å². The highest BCUT2D eigenvalue weighted by molar-refractivity contribution is 7.99. The van der Waals surface area contributed by atoms with E-state index in [2.05, 4.69) is 18.2 Å². The molecule has 27 heavy (non-hydrogen) atoms. The third-order valence-corrected chi connectivity index (χ3v) is 6.79. The highest BCUT2D eigenvalue weighted by Crippen LogP contribution is 2.42. The molecule has 0 saturated heterocycles. The Morgan fingerprint density at radius 3 is 2.52 bits per heavy atom. The molecule has 0 heterocycles. The van der Waals surface area contributed by atoms with Crippen LogP contribution in [0.2, 0.25) is 0 Å². The van der Waals surface area contributed by atoms with E-state index >= 15 is 0 Å². The molecule has 0 aromatic heterocycles. The fraction of sp³-hybridized carbons (Fsp3) is 0.476. The number of fused-ring (bicyclic) bond motifs is 1. The molecule has 6 heteroatoms. The zero-order chi connectivity index (χ0) is 19.7. The number of hydrogen-bond acceptors (Lipinski definition) is 5. The second-order valence-corrected chi connectivity index (χ2v) is 8.19. The van der Waals surface area contributed by atoms with Gasteiger partial charge in [0, 0.05) is 17.3 Å². The van der Waals surface area contributed by atoms with Crippen molar-refractivity contribution in [1.29, 1.82) is 0 Å². The number of carbonyl (C=O) groups is 1. The Morgan fingerprint density at radius 1 is 1.11 bits per heavy atom. The maximum Gasteiger partial charge on any atom is 0.312 e. The Bertz CT molecular complexity index is 761. The van der Waals surface area contributed by atoms with Gasteiger partial charge in [-0.1, -0.05) is 49.7 Å². The maximum absolute atomic E-state index is 12.6. The van der Waals surface area contributed by atoms with Gasteiger partial charge >= 0.3 is 5.97 Å². The van der Waals surface area contributed by atoms with Crippen molar-refractivity contribution in [1.82, 2.24) is 0 Å². The van der Waals surface area contributed by atoms with E-state index in [4.69, 9.17) is 9.47 Å². The number of thioether (sulfide) groups is 1. The van der Waals surface area contributed by atoms with E-state index in [0.717, 1.165) is 22.1 Å². The molecular formula is C21H27O4PS. The number of hydrogen-bond donors (Lipinski definition) is 0. The summed E-state index contributed by atoms with van der Waals surface area (Å²) in [5.74, 6) is -0.498. The lowest BCUT2D eigenvalue weighted by Gasteiger charge is -2.33. The number of esters is 1. The van der Waals surface area contributed by atoms with Crippen LogP contribution in [0.5, 0.6) is 0 Å². The molecule has 0 saturated carbocycles. The van der Waals surface area contributed by atoms with Gasteiger partial charge in [-0.05, 0) is 37.1 Å². The van der Waals surface area contributed by atoms with E-state index in [1.165, 1.54) is 0 Å². The van der Waals surface area contributed by atoms with Crippen LogP contribution < -0.4 is 0 Å². The molecule has 2 aromatic rings. The average molecular weight is 406 g/mol. The van der Waals surface area contributed by atoms with Gasteiger partial charge in [-0.25, -0.2) is 0 Å². The van der Waals surface area contributed by atoms with Crippen LogP contribution in [-0.4, -0.2) is 30.3 Å². The van der Waals surface area contributed by atoms with Crippen LogP contribution in [0.4, 0.5) is 0 Å². The molecule has 2 unspecified atom stereocenters. The Hall–Kier alpha value is -1.42. The predicted octanol–water partition coefficient (Wildman–Crippen LogP) is 5.94. The molecule has 4 nitrogen and oxygen atoms in total. The van der Waals surface area contributed by atoms with Crippen LogP contribution in [-0.2, 0) is 18.8 Å². The molecule has 2 aromatic carbocycles. The van der Waals surface area contributed by atoms with Gasteiger partial charge in [-0.3, -0.25) is 9.36 Å². The maximum atomic E-state index is 12.6. The Labute approximate surface area is 167 Å². The summed E-state index contributed by atoms with van der Waals surface area (Å²) in [6, 6.07) is 14.3. The molecule has 0 spiro atoms. The normalized spacial score (nSPS) is 14.8. The summed E-state index contributed by atoms with van der Waals surface area (Å²) in [5, 5.41) is 1.19. The molecule has 0 fully saturated rings. The average Bonchev–Trinajstić information content (AvgIpc) is 2.69. The van der Waals surface area contributed by atoms with E-state index in [9.17, 15) is 9.36 Å². The fourth-order valence-corrected chi connectivity index (χ4v) is 5.28. The molecule has 0 bridgehead atoms. The van der Waals surface area contributed by atoms with Gasteiger partial charge in [-0.15, -0.1) is 11.8 Å². The van der Waals surface area contributed by atoms with Gasteiger partial charge in [0.05, 0.1) is 12.5 Å². The number of benzene rings is 2. The minimum Gasteiger partial charge on any atom is -0.466 e. The van der Waals surface area contributed by atoms with Crippen molar-refractivity contribution in [2.24, 2.45) is 5.92 Å². The SMILES string of the molecule is CCCC(C(=O)OCC)C(CSc1cccc2ccccc12)(OCC)P=O. The quantitative estimate of drug-likeness (QED) is 0.263. The minimum atomic E-state index is -1.10. The van der Waals surface area contributed by atoms with Crippen LogP contribution in [0.3, 0.4) is 0 Å². The van der Waals surface area contributed by atoms with E-state index in [1.807, 2.05) is 38.1 Å². The van der Waals surface area contributed by atoms with Crippen LogP contribution in [0.15, 0.2) is 47.4 Å². The van der Waals surface area contributed by atoms with Gasteiger partial charge < -0.3 is 9.47 Å². The molecule has 0 aliphatic rings. The standard InChI is InChI=1S/C21H27O4PS/c1-4-10-18(20(22)24-5-2)21(26-23,25-6-3)15-27-19-14-9-12-16-11-7-8-13-17(16)19/h7-9,11-14,18H,4-6,10,15H2,1-3H3. The van der Waals surface area contributed by atoms with Crippen molar-refractivity contribution < 1.29 is 18.8 Å². The lowest BCUT2D eigenvalue weighted by atomic mass is 9.97. The van der Waals surface area contributed by atoms with Crippen molar-refractivity contribution in [2.75, 3.05) is 19.0 Å².